The highest BCUT2D eigenvalue weighted by Gasteiger charge is 2.37. The van der Waals surface area contributed by atoms with Crippen LogP contribution < -0.4 is 56.9 Å². The van der Waals surface area contributed by atoms with Crippen molar-refractivity contribution in [2.24, 2.45) is 11.7 Å². The summed E-state index contributed by atoms with van der Waals surface area (Å²) < 4.78 is 12.3. The van der Waals surface area contributed by atoms with Gasteiger partial charge in [-0.05, 0) is 84.7 Å². The molecule has 86 heavy (non-hydrogen) atoms. The lowest BCUT2D eigenvalue weighted by atomic mass is 9.95. The molecule has 4 atom stereocenters. The van der Waals surface area contributed by atoms with Gasteiger partial charge in [0.1, 0.15) is 30.2 Å². The number of benzene rings is 5. The number of alkyl halides is 2. The molecule has 5 aromatic carbocycles. The van der Waals surface area contributed by atoms with Crippen LogP contribution in [-0.2, 0) is 40.2 Å². The van der Waals surface area contributed by atoms with Gasteiger partial charge in [0.2, 0.25) is 29.5 Å². The molecule has 3 aliphatic heterocycles. The Bertz CT molecular complexity index is 3360. The van der Waals surface area contributed by atoms with Crippen LogP contribution in [0.15, 0.2) is 97.1 Å². The van der Waals surface area contributed by atoms with E-state index in [1.807, 2.05) is 54.6 Å². The van der Waals surface area contributed by atoms with Gasteiger partial charge in [-0.1, -0.05) is 80.9 Å². The van der Waals surface area contributed by atoms with Gasteiger partial charge in [-0.15, -0.1) is 23.2 Å². The molecule has 0 saturated heterocycles. The first kappa shape index (κ1) is 63.7. The summed E-state index contributed by atoms with van der Waals surface area (Å²) in [5, 5.41) is 20.0. The molecular weight excluding hydrogens is 1140 g/mol. The molecule has 0 aromatic heterocycles. The molecule has 23 heteroatoms. The van der Waals surface area contributed by atoms with Gasteiger partial charge < -0.3 is 56.9 Å². The van der Waals surface area contributed by atoms with Crippen molar-refractivity contribution >= 4 is 115 Å². The minimum atomic E-state index is -1.06. The number of ether oxygens (including phenoxy) is 2. The summed E-state index contributed by atoms with van der Waals surface area (Å²) in [6.07, 6.45) is 4.36. The topological polar surface area (TPSA) is 280 Å². The van der Waals surface area contributed by atoms with Gasteiger partial charge in [0, 0.05) is 123 Å². The third-order valence-electron chi connectivity index (χ3n) is 15.5. The highest BCUT2D eigenvalue weighted by atomic mass is 35.5. The second kappa shape index (κ2) is 30.2. The summed E-state index contributed by atoms with van der Waals surface area (Å²) in [5.41, 5.74) is 9.60. The van der Waals surface area contributed by atoms with Crippen molar-refractivity contribution < 1.29 is 52.6 Å². The van der Waals surface area contributed by atoms with E-state index in [9.17, 15) is 43.2 Å². The van der Waals surface area contributed by atoms with E-state index >= 15 is 0 Å². The Labute approximate surface area is 509 Å². The summed E-state index contributed by atoms with van der Waals surface area (Å²) >= 11 is 13.2. The van der Waals surface area contributed by atoms with Crippen LogP contribution in [0.5, 0.6) is 11.5 Å². The highest BCUT2D eigenvalue weighted by molar-refractivity contribution is 6.20. The molecule has 3 heterocycles. The zero-order valence-corrected chi connectivity index (χ0v) is 50.0. The first-order valence-corrected chi connectivity index (χ1v) is 30.2. The van der Waals surface area contributed by atoms with Gasteiger partial charge >= 0.3 is 12.1 Å². The van der Waals surface area contributed by atoms with Crippen LogP contribution in [0, 0.1) is 5.92 Å². The Balaban J connectivity index is 0.888. The zero-order valence-electron chi connectivity index (χ0n) is 48.5. The molecule has 8 N–H and O–H groups in total. The van der Waals surface area contributed by atoms with Crippen molar-refractivity contribution in [3.8, 4) is 11.5 Å². The number of nitrogens with zero attached hydrogens (tertiary/aromatic N) is 3. The van der Waals surface area contributed by atoms with E-state index in [1.54, 1.807) is 61.0 Å². The Morgan fingerprint density at radius 3 is 1.80 bits per heavy atom. The minimum absolute atomic E-state index is 0.0777. The largest absolute Gasteiger partial charge is 0.488 e. The van der Waals surface area contributed by atoms with Crippen molar-refractivity contribution in [3.05, 3.63) is 114 Å². The van der Waals surface area contributed by atoms with Crippen LogP contribution in [0.3, 0.4) is 0 Å². The van der Waals surface area contributed by atoms with Crippen molar-refractivity contribution in [1.82, 2.24) is 31.5 Å². The summed E-state index contributed by atoms with van der Waals surface area (Å²) in [7, 11) is 1.78. The Morgan fingerprint density at radius 2 is 1.23 bits per heavy atom. The van der Waals surface area contributed by atoms with E-state index in [-0.39, 0.29) is 111 Å². The number of rotatable bonds is 29. The fraction of sp³-hybridized carbons (Fsp3) is 0.413. The number of carbonyl (C=O) groups excluding carboxylic acids is 9. The Morgan fingerprint density at radius 1 is 0.651 bits per heavy atom. The molecule has 0 aliphatic carbocycles. The lowest BCUT2D eigenvalue weighted by Crippen LogP contribution is -2.54. The quantitative estimate of drug-likeness (QED) is 0.0139. The number of nitrogens with one attached hydrogen (secondary N) is 6. The lowest BCUT2D eigenvalue weighted by molar-refractivity contribution is -0.137. The summed E-state index contributed by atoms with van der Waals surface area (Å²) in [5.74, 6) is -1.80. The average molecular weight is 1220 g/mol. The van der Waals surface area contributed by atoms with E-state index in [1.165, 1.54) is 12.2 Å². The Hall–Kier alpha value is -8.27. The molecule has 0 unspecified atom stereocenters. The molecule has 3 aliphatic rings. The number of anilines is 3. The standard InChI is InChI=1S/C63H74Cl2N10O11/c1-38(2)59(72-52(76)18-5-4-10-30-73-55(79)25-26-56(73)80)61(82)71-47(17-12-27-68-62(66)83)60(81)70-42-23-21-39(22-24-42)37-85-50-31-48-57(45-15-8-6-13-43(45)50)40(33-64)35-74(48)53(77)19-11-20-54(78)75-36-41(34-65)58-46-16-9-7-14-44(46)51(32-49(58)75)86-63(84)69-29-28-67-3/h6-9,13-16,21-26,31-32,38,40-41,47,59,67H,4-5,10-12,17-20,27-30,33-37H2,1-3H3,(H,69,84)(H,70,81)(H,71,82)(H,72,76)(H3,66,68,83)/t40-,41-,47+,59+/m1/s1. The number of carbonyl (C=O) groups is 9. The normalized spacial score (nSPS) is 15.8. The number of fused-ring (bicyclic) bond motifs is 6. The molecule has 0 radical (unpaired) electrons. The number of likely N-dealkylation sites (N-methyl/N-ethyl adjacent to an activating group) is 1. The molecule has 8 rings (SSSR count). The zero-order chi connectivity index (χ0) is 61.4. The first-order chi connectivity index (χ1) is 41.5. The number of urea groups is 1. The van der Waals surface area contributed by atoms with Gasteiger partial charge in [-0.3, -0.25) is 38.5 Å². The third kappa shape index (κ3) is 15.8. The van der Waals surface area contributed by atoms with E-state index in [2.05, 4.69) is 31.9 Å². The minimum Gasteiger partial charge on any atom is -0.488 e. The summed E-state index contributed by atoms with van der Waals surface area (Å²) in [4.78, 5) is 122. The van der Waals surface area contributed by atoms with Crippen molar-refractivity contribution in [2.45, 2.75) is 102 Å². The number of nitrogens with two attached hydrogens (primary N) is 1. The predicted octanol–water partition coefficient (Wildman–Crippen LogP) is 7.59. The van der Waals surface area contributed by atoms with Gasteiger partial charge in [0.15, 0.2) is 0 Å². The maximum atomic E-state index is 14.3. The Kier molecular flexibility index (Phi) is 22.4. The number of halogens is 2. The van der Waals surface area contributed by atoms with Crippen molar-refractivity contribution in [1.29, 1.82) is 0 Å². The van der Waals surface area contributed by atoms with Gasteiger partial charge in [0.05, 0.1) is 11.4 Å². The van der Waals surface area contributed by atoms with Crippen LogP contribution in [0.4, 0.5) is 26.7 Å². The van der Waals surface area contributed by atoms with Crippen molar-refractivity contribution in [2.75, 3.05) is 73.2 Å². The van der Waals surface area contributed by atoms with Crippen LogP contribution in [0.1, 0.15) is 100 Å². The monoisotopic (exact) mass is 1220 g/mol. The number of unbranched alkanes of at least 4 members (excludes halogenated alkanes) is 2. The predicted molar refractivity (Wildman–Crippen MR) is 331 cm³/mol. The fourth-order valence-electron chi connectivity index (χ4n) is 11.1. The van der Waals surface area contributed by atoms with Crippen LogP contribution >= 0.6 is 23.2 Å². The van der Waals surface area contributed by atoms with E-state index < -0.39 is 36.0 Å². The van der Waals surface area contributed by atoms with Crippen LogP contribution in [0.2, 0.25) is 0 Å². The molecule has 0 fully saturated rings. The smallest absolute Gasteiger partial charge is 0.412 e. The van der Waals surface area contributed by atoms with Crippen LogP contribution in [-0.4, -0.2) is 129 Å². The number of primary amides is 1. The average Bonchev–Trinajstić information content (AvgIpc) is 1.64. The maximum absolute atomic E-state index is 14.3. The molecule has 0 bridgehead atoms. The van der Waals surface area contributed by atoms with E-state index in [0.717, 1.165) is 43.1 Å². The summed E-state index contributed by atoms with van der Waals surface area (Å²) in [6, 6.07) is 23.2. The van der Waals surface area contributed by atoms with E-state index in [0.29, 0.717) is 80.4 Å². The third-order valence-corrected chi connectivity index (χ3v) is 16.3. The number of amides is 10. The maximum Gasteiger partial charge on any atom is 0.412 e. The molecule has 10 amide bonds. The van der Waals surface area contributed by atoms with Gasteiger partial charge in [-0.25, -0.2) is 9.59 Å². The molecule has 21 nitrogen and oxygen atoms in total. The van der Waals surface area contributed by atoms with Gasteiger partial charge in [0.25, 0.3) is 11.8 Å². The SMILES string of the molecule is CNCCNC(=O)Oc1cc2c(c3ccccc13)[C@H](CCl)CN2C(=O)CCCC(=O)N1C[C@@H](CCl)c2c1cc(OCc1ccc(NC(=O)[C@H](CCCNC(N)=O)NC(=O)[C@@H](NC(=O)CCCCCN3C(=O)C=CC3=O)C(C)C)cc1)c1ccccc21. The molecule has 5 aromatic rings. The van der Waals surface area contributed by atoms with E-state index in [4.69, 9.17) is 38.4 Å². The van der Waals surface area contributed by atoms with Gasteiger partial charge in [-0.2, -0.15) is 0 Å². The fourth-order valence-corrected chi connectivity index (χ4v) is 11.6. The summed E-state index contributed by atoms with van der Waals surface area (Å²) in [6.45, 7) is 5.68. The second-order valence-electron chi connectivity index (χ2n) is 21.9. The lowest BCUT2D eigenvalue weighted by Gasteiger charge is -2.25. The molecule has 0 spiro atoms. The number of hydrogen-bond acceptors (Lipinski definition) is 12. The van der Waals surface area contributed by atoms with Crippen molar-refractivity contribution in [3.63, 3.8) is 0 Å². The molecule has 456 valence electrons. The first-order valence-electron chi connectivity index (χ1n) is 29.1. The van der Waals surface area contributed by atoms with Crippen LogP contribution in [0.25, 0.3) is 21.5 Å². The molecular formula is C63H74Cl2N10O11. The molecule has 0 saturated carbocycles. The highest BCUT2D eigenvalue weighted by Crippen LogP contribution is 2.48. The number of imide groups is 1. The second-order valence-corrected chi connectivity index (χ2v) is 22.5. The number of hydrogen-bond donors (Lipinski definition) is 7.